The number of nitrogens with zero attached hydrogens (tertiary/aromatic N) is 9. The number of piperazine rings is 1. The Balaban J connectivity index is 1.46. The van der Waals surface area contributed by atoms with Gasteiger partial charge in [-0.05, 0) is 24.9 Å². The van der Waals surface area contributed by atoms with Crippen molar-refractivity contribution in [1.29, 1.82) is 0 Å². The van der Waals surface area contributed by atoms with Crippen molar-refractivity contribution in [3.05, 3.63) is 54.7 Å². The number of urea groups is 1. The monoisotopic (exact) mass is 471 g/mol. The van der Waals surface area contributed by atoms with Crippen molar-refractivity contribution in [3.8, 4) is 22.3 Å². The predicted molar refractivity (Wildman–Crippen MR) is 137 cm³/mol. The summed E-state index contributed by atoms with van der Waals surface area (Å²) in [5.74, 6) is 0.909. The Morgan fingerprint density at radius 2 is 1.83 bits per heavy atom. The van der Waals surface area contributed by atoms with Crippen LogP contribution in [0.15, 0.2) is 54.2 Å². The first kappa shape index (κ1) is 22.6. The van der Waals surface area contributed by atoms with Gasteiger partial charge in [-0.3, -0.25) is 9.67 Å². The van der Waals surface area contributed by atoms with Crippen LogP contribution in [0.3, 0.4) is 0 Å². The molecule has 4 aromatic heterocycles. The number of hydrogen-bond donors (Lipinski definition) is 0. The van der Waals surface area contributed by atoms with E-state index in [0.29, 0.717) is 19.6 Å². The minimum atomic E-state index is 0.0519. The van der Waals surface area contributed by atoms with E-state index >= 15 is 0 Å². The summed E-state index contributed by atoms with van der Waals surface area (Å²) in [6, 6.07) is 6.35. The van der Waals surface area contributed by atoms with E-state index in [0.717, 1.165) is 52.2 Å². The van der Waals surface area contributed by atoms with Crippen LogP contribution < -0.4 is 4.90 Å². The quantitative estimate of drug-likeness (QED) is 0.418. The lowest BCUT2D eigenvalue weighted by atomic mass is 10.0. The number of aromatic nitrogens is 5. The summed E-state index contributed by atoms with van der Waals surface area (Å²) < 4.78 is 3.69. The molecule has 1 fully saturated rings. The summed E-state index contributed by atoms with van der Waals surface area (Å²) in [6.07, 6.45) is 9.61. The third-order valence-electron chi connectivity index (χ3n) is 6.32. The Labute approximate surface area is 204 Å². The molecule has 0 unspecified atom stereocenters. The van der Waals surface area contributed by atoms with Gasteiger partial charge in [0.15, 0.2) is 0 Å². The molecule has 2 amide bonds. The normalized spacial score (nSPS) is 13.9. The molecule has 180 valence electrons. The first-order valence-electron chi connectivity index (χ1n) is 11.5. The van der Waals surface area contributed by atoms with Crippen molar-refractivity contribution in [2.24, 2.45) is 12.0 Å². The second kappa shape index (κ2) is 9.21. The van der Waals surface area contributed by atoms with Crippen LogP contribution in [0.25, 0.3) is 27.8 Å². The molecular weight excluding hydrogens is 442 g/mol. The van der Waals surface area contributed by atoms with Crippen molar-refractivity contribution >= 4 is 24.1 Å². The van der Waals surface area contributed by atoms with E-state index in [1.54, 1.807) is 23.7 Å². The molecule has 1 saturated heterocycles. The molecule has 1 aliphatic heterocycles. The van der Waals surface area contributed by atoms with Crippen molar-refractivity contribution in [2.45, 2.75) is 6.54 Å². The number of rotatable bonds is 5. The summed E-state index contributed by atoms with van der Waals surface area (Å²) in [5.41, 5.74) is 6.07. The molecule has 0 radical (unpaired) electrons. The molecular formula is C25H29N9O. The van der Waals surface area contributed by atoms with Crippen LogP contribution in [0.2, 0.25) is 0 Å². The lowest BCUT2D eigenvalue weighted by Gasteiger charge is -2.36. The van der Waals surface area contributed by atoms with Gasteiger partial charge in [0.25, 0.3) is 0 Å². The zero-order chi connectivity index (χ0) is 24.5. The van der Waals surface area contributed by atoms with Crippen LogP contribution in [0.5, 0.6) is 0 Å². The van der Waals surface area contributed by atoms with Crippen molar-refractivity contribution in [1.82, 2.24) is 34.2 Å². The minimum absolute atomic E-state index is 0.0519. The summed E-state index contributed by atoms with van der Waals surface area (Å²) in [5, 5.41) is 8.90. The van der Waals surface area contributed by atoms with Gasteiger partial charge in [-0.25, -0.2) is 14.3 Å². The number of anilines is 1. The zero-order valence-corrected chi connectivity index (χ0v) is 20.3. The van der Waals surface area contributed by atoms with E-state index in [4.69, 9.17) is 4.98 Å². The number of amides is 2. The first-order valence-corrected chi connectivity index (χ1v) is 11.5. The molecule has 5 rings (SSSR count). The third-order valence-corrected chi connectivity index (χ3v) is 6.32. The highest BCUT2D eigenvalue weighted by Crippen LogP contribution is 2.32. The van der Waals surface area contributed by atoms with Crippen LogP contribution in [0.4, 0.5) is 10.6 Å². The first-order chi connectivity index (χ1) is 16.9. The van der Waals surface area contributed by atoms with Crippen LogP contribution in [-0.4, -0.2) is 87.2 Å². The molecule has 0 spiro atoms. The average Bonchev–Trinajstić information content (AvgIpc) is 3.50. The number of carbonyl (C=O) groups excluding carboxylic acids is 1. The predicted octanol–water partition coefficient (Wildman–Crippen LogP) is 2.80. The molecule has 0 aromatic carbocycles. The van der Waals surface area contributed by atoms with Gasteiger partial charge in [0.05, 0.1) is 24.5 Å². The highest BCUT2D eigenvalue weighted by Gasteiger charge is 2.23. The topological polar surface area (TPSA) is 87.2 Å². The van der Waals surface area contributed by atoms with Gasteiger partial charge in [-0.1, -0.05) is 0 Å². The molecule has 5 heterocycles. The van der Waals surface area contributed by atoms with Gasteiger partial charge in [0, 0.05) is 93.7 Å². The number of aryl methyl sites for hydroxylation is 1. The Morgan fingerprint density at radius 3 is 2.46 bits per heavy atom. The lowest BCUT2D eigenvalue weighted by molar-refractivity contribution is 0.168. The van der Waals surface area contributed by atoms with Gasteiger partial charge in [-0.15, -0.1) is 0 Å². The lowest BCUT2D eigenvalue weighted by Crippen LogP contribution is -2.51. The largest absolute Gasteiger partial charge is 0.353 e. The minimum Gasteiger partial charge on any atom is -0.353 e. The zero-order valence-electron chi connectivity index (χ0n) is 20.3. The van der Waals surface area contributed by atoms with E-state index in [1.807, 2.05) is 53.5 Å². The standard InChI is InChI=1S/C25H29N9O/c1-26-12-20-14-29-34-17-19(21-15-28-31(4)16-21)11-22(24(20)34)18-5-6-23(27-13-18)32-7-9-33(10-8-32)25(35)30(2)3/h5-6,11,13-17H,1,7-10,12H2,2-4H3. The van der Waals surface area contributed by atoms with Crippen molar-refractivity contribution in [2.75, 3.05) is 45.2 Å². The van der Waals surface area contributed by atoms with Gasteiger partial charge in [0.1, 0.15) is 5.82 Å². The molecule has 0 aliphatic carbocycles. The number of pyridine rings is 2. The Kier molecular flexibility index (Phi) is 5.94. The number of fused-ring (bicyclic) bond motifs is 1. The second-order valence-electron chi connectivity index (χ2n) is 8.95. The van der Waals surface area contributed by atoms with E-state index < -0.39 is 0 Å². The molecule has 0 bridgehead atoms. The second-order valence-corrected chi connectivity index (χ2v) is 8.95. The number of carbonyl (C=O) groups is 1. The number of aliphatic imine (C=N–C) groups is 1. The van der Waals surface area contributed by atoms with Crippen molar-refractivity contribution < 1.29 is 4.79 Å². The highest BCUT2D eigenvalue weighted by atomic mass is 16.2. The molecule has 1 aliphatic rings. The summed E-state index contributed by atoms with van der Waals surface area (Å²) >= 11 is 0. The van der Waals surface area contributed by atoms with Gasteiger partial charge in [-0.2, -0.15) is 10.2 Å². The van der Waals surface area contributed by atoms with E-state index in [9.17, 15) is 4.79 Å². The van der Waals surface area contributed by atoms with E-state index in [1.165, 1.54) is 0 Å². The summed E-state index contributed by atoms with van der Waals surface area (Å²) in [6.45, 7) is 7.02. The van der Waals surface area contributed by atoms with Crippen LogP contribution in [0, 0.1) is 0 Å². The SMILES string of the molecule is C=NCc1cnn2cc(-c3cnn(C)c3)cc(-c3ccc(N4CCN(C(=O)N(C)C)CC4)nc3)c12. The Morgan fingerprint density at radius 1 is 1.03 bits per heavy atom. The van der Waals surface area contributed by atoms with E-state index in [-0.39, 0.29) is 6.03 Å². The Bertz CT molecular complexity index is 1360. The van der Waals surface area contributed by atoms with Gasteiger partial charge >= 0.3 is 6.03 Å². The van der Waals surface area contributed by atoms with Crippen LogP contribution >= 0.6 is 0 Å². The third kappa shape index (κ3) is 4.34. The number of hydrogen-bond acceptors (Lipinski definition) is 6. The fourth-order valence-electron chi connectivity index (χ4n) is 4.51. The van der Waals surface area contributed by atoms with Crippen LogP contribution in [0.1, 0.15) is 5.56 Å². The van der Waals surface area contributed by atoms with Crippen LogP contribution in [-0.2, 0) is 13.6 Å². The van der Waals surface area contributed by atoms with E-state index in [2.05, 4.69) is 38.9 Å². The molecule has 10 nitrogen and oxygen atoms in total. The summed E-state index contributed by atoms with van der Waals surface area (Å²) in [7, 11) is 5.47. The van der Waals surface area contributed by atoms with Crippen molar-refractivity contribution in [3.63, 3.8) is 0 Å². The summed E-state index contributed by atoms with van der Waals surface area (Å²) in [4.78, 5) is 26.8. The Hall–Kier alpha value is -4.21. The molecule has 0 N–H and O–H groups in total. The molecule has 35 heavy (non-hydrogen) atoms. The fourth-order valence-corrected chi connectivity index (χ4v) is 4.51. The van der Waals surface area contributed by atoms with Gasteiger partial charge in [0.2, 0.25) is 0 Å². The highest BCUT2D eigenvalue weighted by molar-refractivity contribution is 5.86. The molecule has 10 heteroatoms. The smallest absolute Gasteiger partial charge is 0.319 e. The average molecular weight is 472 g/mol. The maximum atomic E-state index is 12.2. The fraction of sp³-hybridized carbons (Fsp3) is 0.320. The molecule has 0 atom stereocenters. The molecule has 4 aromatic rings. The molecule has 0 saturated carbocycles. The van der Waals surface area contributed by atoms with Gasteiger partial charge < -0.3 is 14.7 Å². The maximum absolute atomic E-state index is 12.2. The maximum Gasteiger partial charge on any atom is 0.319 e.